The van der Waals surface area contributed by atoms with Crippen LogP contribution >= 0.6 is 0 Å². The molecule has 0 amide bonds. The molecule has 0 aliphatic carbocycles. The van der Waals surface area contributed by atoms with Gasteiger partial charge in [-0.15, -0.1) is 0 Å². The quantitative estimate of drug-likeness (QED) is 0.363. The van der Waals surface area contributed by atoms with Crippen LogP contribution in [-0.2, 0) is 4.79 Å². The number of nitrogens with zero attached hydrogens (tertiary/aromatic N) is 1. The molecule has 1 unspecified atom stereocenters. The molecule has 1 aromatic rings. The molecule has 5 nitrogen and oxygen atoms in total. The van der Waals surface area contributed by atoms with Crippen LogP contribution in [0.4, 0.5) is 5.69 Å². The Hall–Kier alpha value is -1.39. The van der Waals surface area contributed by atoms with E-state index in [4.69, 9.17) is 0 Å². The molecule has 0 radical (unpaired) electrons. The van der Waals surface area contributed by atoms with Gasteiger partial charge in [-0.1, -0.05) is 0 Å². The number of rotatable bonds is 7. The Morgan fingerprint density at radius 1 is 1.44 bits per heavy atom. The van der Waals surface area contributed by atoms with Gasteiger partial charge in [-0.2, -0.15) is 0 Å². The molecule has 1 N–H and O–H groups in total. The molecular formula is C12H15NO4Se. The van der Waals surface area contributed by atoms with Gasteiger partial charge in [0, 0.05) is 0 Å². The summed E-state index contributed by atoms with van der Waals surface area (Å²) in [7, 11) is 0. The number of benzene rings is 1. The van der Waals surface area contributed by atoms with Crippen LogP contribution in [0, 0.1) is 10.1 Å². The van der Waals surface area contributed by atoms with Crippen molar-refractivity contribution < 1.29 is 14.8 Å². The number of non-ortho nitro benzene ring substituents is 1. The molecule has 18 heavy (non-hydrogen) atoms. The molecule has 1 rings (SSSR count). The second-order valence-electron chi connectivity index (χ2n) is 3.81. The SMILES string of the molecule is CCC[Se]CC(C(=O)O)c1ccc([N+](=O)[O-])cc1. The molecule has 0 saturated carbocycles. The van der Waals surface area contributed by atoms with Gasteiger partial charge in [0.25, 0.3) is 0 Å². The van der Waals surface area contributed by atoms with Crippen molar-refractivity contribution in [3.63, 3.8) is 0 Å². The summed E-state index contributed by atoms with van der Waals surface area (Å²) in [5.74, 6) is -1.40. The second kappa shape index (κ2) is 7.13. The van der Waals surface area contributed by atoms with E-state index in [1.165, 1.54) is 12.1 Å². The Bertz CT molecular complexity index is 419. The van der Waals surface area contributed by atoms with Gasteiger partial charge in [0.15, 0.2) is 0 Å². The number of hydrogen-bond donors (Lipinski definition) is 1. The number of carbonyl (C=O) groups is 1. The van der Waals surface area contributed by atoms with Crippen molar-refractivity contribution in [1.82, 2.24) is 0 Å². The Balaban J connectivity index is 2.79. The normalized spacial score (nSPS) is 12.1. The van der Waals surface area contributed by atoms with Gasteiger partial charge >= 0.3 is 111 Å². The number of carboxylic acid groups (broad SMARTS) is 1. The predicted octanol–water partition coefficient (Wildman–Crippen LogP) is 2.71. The van der Waals surface area contributed by atoms with E-state index < -0.39 is 16.8 Å². The van der Waals surface area contributed by atoms with Crippen LogP contribution < -0.4 is 0 Å². The molecule has 0 aliphatic heterocycles. The summed E-state index contributed by atoms with van der Waals surface area (Å²) in [6.45, 7) is 2.07. The first-order chi connectivity index (χ1) is 8.56. The third-order valence-corrected chi connectivity index (χ3v) is 5.09. The summed E-state index contributed by atoms with van der Waals surface area (Å²) < 4.78 is 0. The van der Waals surface area contributed by atoms with E-state index in [2.05, 4.69) is 6.92 Å². The maximum absolute atomic E-state index is 11.2. The number of nitro benzene ring substituents is 1. The van der Waals surface area contributed by atoms with Crippen molar-refractivity contribution >= 4 is 26.6 Å². The number of nitro groups is 1. The number of carboxylic acids is 1. The van der Waals surface area contributed by atoms with Crippen molar-refractivity contribution in [3.05, 3.63) is 39.9 Å². The van der Waals surface area contributed by atoms with E-state index in [-0.39, 0.29) is 5.69 Å². The zero-order valence-electron chi connectivity index (χ0n) is 10.0. The molecule has 1 aromatic carbocycles. The summed E-state index contributed by atoms with van der Waals surface area (Å²) in [5, 5.41) is 21.4. The zero-order chi connectivity index (χ0) is 13.5. The molecule has 0 aliphatic rings. The summed E-state index contributed by atoms with van der Waals surface area (Å²) in [6.07, 6.45) is 1.06. The third kappa shape index (κ3) is 4.13. The fourth-order valence-corrected chi connectivity index (χ4v) is 3.64. The summed E-state index contributed by atoms with van der Waals surface area (Å²) >= 11 is 0.305. The van der Waals surface area contributed by atoms with Crippen LogP contribution in [0.25, 0.3) is 0 Å². The topological polar surface area (TPSA) is 80.4 Å². The Morgan fingerprint density at radius 3 is 2.50 bits per heavy atom. The average molecular weight is 316 g/mol. The fraction of sp³-hybridized carbons (Fsp3) is 0.417. The van der Waals surface area contributed by atoms with Crippen LogP contribution in [0.3, 0.4) is 0 Å². The number of hydrogen-bond acceptors (Lipinski definition) is 3. The van der Waals surface area contributed by atoms with Crippen LogP contribution in [0.5, 0.6) is 0 Å². The first-order valence-corrected chi connectivity index (χ1v) is 8.03. The fourth-order valence-electron chi connectivity index (χ4n) is 1.48. The van der Waals surface area contributed by atoms with Crippen LogP contribution in [0.15, 0.2) is 24.3 Å². The van der Waals surface area contributed by atoms with Crippen LogP contribution in [0.1, 0.15) is 24.8 Å². The summed E-state index contributed by atoms with van der Waals surface area (Å²) in [4.78, 5) is 21.2. The van der Waals surface area contributed by atoms with Crippen LogP contribution in [-0.4, -0.2) is 31.0 Å². The minimum absolute atomic E-state index is 0.0121. The van der Waals surface area contributed by atoms with E-state index in [9.17, 15) is 20.0 Å². The van der Waals surface area contributed by atoms with Crippen molar-refractivity contribution in [3.8, 4) is 0 Å². The minimum atomic E-state index is -0.859. The van der Waals surface area contributed by atoms with Gasteiger partial charge in [-0.05, 0) is 0 Å². The van der Waals surface area contributed by atoms with E-state index in [1.807, 2.05) is 0 Å². The molecule has 98 valence electrons. The van der Waals surface area contributed by atoms with Crippen molar-refractivity contribution in [2.75, 3.05) is 0 Å². The van der Waals surface area contributed by atoms with E-state index in [0.717, 1.165) is 11.7 Å². The zero-order valence-corrected chi connectivity index (χ0v) is 11.7. The molecule has 0 aromatic heterocycles. The summed E-state index contributed by atoms with van der Waals surface area (Å²) in [5.41, 5.74) is 0.632. The molecule has 0 bridgehead atoms. The maximum atomic E-state index is 11.2. The van der Waals surface area contributed by atoms with E-state index in [1.54, 1.807) is 12.1 Å². The third-order valence-electron chi connectivity index (χ3n) is 2.44. The van der Waals surface area contributed by atoms with E-state index in [0.29, 0.717) is 25.8 Å². The molecule has 0 saturated heterocycles. The molecule has 1 atom stereocenters. The van der Waals surface area contributed by atoms with Gasteiger partial charge in [-0.3, -0.25) is 0 Å². The average Bonchev–Trinajstić information content (AvgIpc) is 2.34. The monoisotopic (exact) mass is 317 g/mol. The van der Waals surface area contributed by atoms with Crippen molar-refractivity contribution in [2.24, 2.45) is 0 Å². The van der Waals surface area contributed by atoms with Crippen LogP contribution in [0.2, 0.25) is 10.6 Å². The second-order valence-corrected chi connectivity index (χ2v) is 6.23. The van der Waals surface area contributed by atoms with Gasteiger partial charge in [0.2, 0.25) is 0 Å². The molecular weight excluding hydrogens is 301 g/mol. The molecule has 0 heterocycles. The Morgan fingerprint density at radius 2 is 2.06 bits per heavy atom. The standard InChI is InChI=1S/C12H15NO4Se/c1-2-7-18-8-11(12(14)15)9-3-5-10(6-4-9)13(16)17/h3-6,11H,2,7-8H2,1H3,(H,14,15). The Labute approximate surface area is 112 Å². The predicted molar refractivity (Wildman–Crippen MR) is 69.1 cm³/mol. The van der Waals surface area contributed by atoms with Gasteiger partial charge < -0.3 is 0 Å². The molecule has 6 heteroatoms. The number of aliphatic carboxylic acids is 1. The first-order valence-electron chi connectivity index (χ1n) is 5.61. The van der Waals surface area contributed by atoms with Crippen molar-refractivity contribution in [1.29, 1.82) is 0 Å². The van der Waals surface area contributed by atoms with Gasteiger partial charge in [0.05, 0.1) is 0 Å². The first kappa shape index (κ1) is 14.7. The van der Waals surface area contributed by atoms with E-state index >= 15 is 0 Å². The summed E-state index contributed by atoms with van der Waals surface area (Å²) in [6, 6.07) is 5.80. The van der Waals surface area contributed by atoms with Crippen molar-refractivity contribution in [2.45, 2.75) is 29.9 Å². The van der Waals surface area contributed by atoms with Gasteiger partial charge in [0.1, 0.15) is 0 Å². The molecule has 0 spiro atoms. The Kier molecular flexibility index (Phi) is 5.81. The van der Waals surface area contributed by atoms with Gasteiger partial charge in [-0.25, -0.2) is 0 Å². The molecule has 0 fully saturated rings.